The molecule has 0 spiro atoms. The van der Waals surface area contributed by atoms with Crippen LogP contribution in [0.2, 0.25) is 0 Å². The smallest absolute Gasteiger partial charge is 0.225 e. The monoisotopic (exact) mass is 277 g/mol. The molecule has 0 aromatic heterocycles. The van der Waals surface area contributed by atoms with Crippen molar-refractivity contribution in [1.82, 2.24) is 10.2 Å². The van der Waals surface area contributed by atoms with E-state index >= 15 is 0 Å². The molecular weight excluding hydrogens is 254 g/mol. The van der Waals surface area contributed by atoms with Gasteiger partial charge in [-0.25, -0.2) is 0 Å². The predicted molar refractivity (Wildman–Crippen MR) is 73.5 cm³/mol. The van der Waals surface area contributed by atoms with E-state index in [4.69, 9.17) is 5.73 Å². The van der Waals surface area contributed by atoms with Crippen LogP contribution in [0.15, 0.2) is 0 Å². The fraction of sp³-hybridized carbons (Fsp3) is 0.833. The summed E-state index contributed by atoms with van der Waals surface area (Å²) in [4.78, 5) is 25.3. The van der Waals surface area contributed by atoms with Crippen LogP contribution in [0.25, 0.3) is 0 Å². The fourth-order valence-electron chi connectivity index (χ4n) is 1.90. The largest absolute Gasteiger partial charge is 0.351 e. The summed E-state index contributed by atoms with van der Waals surface area (Å²) >= 11 is 0. The van der Waals surface area contributed by atoms with Crippen molar-refractivity contribution in [3.05, 3.63) is 0 Å². The lowest BCUT2D eigenvalue weighted by Crippen LogP contribution is -2.45. The lowest BCUT2D eigenvalue weighted by atomic mass is 10.1. The van der Waals surface area contributed by atoms with E-state index in [0.29, 0.717) is 19.5 Å². The van der Waals surface area contributed by atoms with Crippen LogP contribution in [-0.2, 0) is 9.59 Å². The highest BCUT2D eigenvalue weighted by Gasteiger charge is 2.36. The second-order valence-corrected chi connectivity index (χ2v) is 5.72. The van der Waals surface area contributed by atoms with Crippen LogP contribution in [0.1, 0.15) is 34.1 Å². The number of likely N-dealkylation sites (tertiary alicyclic amines) is 1. The summed E-state index contributed by atoms with van der Waals surface area (Å²) in [5.41, 5.74) is 5.25. The topological polar surface area (TPSA) is 75.4 Å². The molecule has 106 valence electrons. The number of carbonyl (C=O) groups excluding carboxylic acids is 2. The van der Waals surface area contributed by atoms with E-state index in [1.165, 1.54) is 0 Å². The van der Waals surface area contributed by atoms with Gasteiger partial charge in [0.05, 0.1) is 6.04 Å². The van der Waals surface area contributed by atoms with Gasteiger partial charge in [-0.15, -0.1) is 12.4 Å². The Morgan fingerprint density at radius 3 is 2.50 bits per heavy atom. The molecule has 18 heavy (non-hydrogen) atoms. The zero-order valence-electron chi connectivity index (χ0n) is 11.5. The van der Waals surface area contributed by atoms with Gasteiger partial charge in [0.25, 0.3) is 0 Å². The maximum absolute atomic E-state index is 11.8. The molecule has 0 bridgehead atoms. The van der Waals surface area contributed by atoms with Gasteiger partial charge >= 0.3 is 0 Å². The minimum absolute atomic E-state index is 0. The van der Waals surface area contributed by atoms with Crippen molar-refractivity contribution in [3.63, 3.8) is 0 Å². The molecule has 0 radical (unpaired) electrons. The highest BCUT2D eigenvalue weighted by molar-refractivity contribution is 5.85. The number of amides is 2. The summed E-state index contributed by atoms with van der Waals surface area (Å²) in [6.07, 6.45) is 0.389. The molecule has 2 amide bonds. The molecule has 1 saturated heterocycles. The molecule has 2 unspecified atom stereocenters. The number of halogens is 1. The molecule has 0 saturated carbocycles. The van der Waals surface area contributed by atoms with Gasteiger partial charge in [-0.3, -0.25) is 9.59 Å². The lowest BCUT2D eigenvalue weighted by molar-refractivity contribution is -0.131. The lowest BCUT2D eigenvalue weighted by Gasteiger charge is -2.32. The SMILES string of the molecule is CC(CN)C(=O)NC1CC(=O)N(C(C)(C)C)C1.Cl. The van der Waals surface area contributed by atoms with Crippen molar-refractivity contribution in [2.75, 3.05) is 13.1 Å². The van der Waals surface area contributed by atoms with E-state index in [1.807, 2.05) is 25.7 Å². The van der Waals surface area contributed by atoms with Crippen LogP contribution in [0, 0.1) is 5.92 Å². The van der Waals surface area contributed by atoms with E-state index in [1.54, 1.807) is 6.92 Å². The number of nitrogens with one attached hydrogen (secondary N) is 1. The van der Waals surface area contributed by atoms with Gasteiger partial charge in [-0.05, 0) is 20.8 Å². The molecule has 1 aliphatic rings. The Bertz CT molecular complexity index is 315. The van der Waals surface area contributed by atoms with Crippen LogP contribution in [0.5, 0.6) is 0 Å². The van der Waals surface area contributed by atoms with E-state index in [9.17, 15) is 9.59 Å². The van der Waals surface area contributed by atoms with Gasteiger partial charge in [-0.2, -0.15) is 0 Å². The molecular formula is C12H24ClN3O2. The number of nitrogens with two attached hydrogens (primary N) is 1. The maximum atomic E-state index is 11.8. The Morgan fingerprint density at radius 2 is 2.11 bits per heavy atom. The van der Waals surface area contributed by atoms with Gasteiger partial charge in [0, 0.05) is 31.0 Å². The standard InChI is InChI=1S/C12H23N3O2.ClH/c1-8(6-13)11(17)14-9-5-10(16)15(7-9)12(2,3)4;/h8-9H,5-7,13H2,1-4H3,(H,14,17);1H. The molecule has 0 aliphatic carbocycles. The molecule has 1 fully saturated rings. The predicted octanol–water partition coefficient (Wildman–Crippen LogP) is 0.519. The van der Waals surface area contributed by atoms with Gasteiger partial charge in [0.1, 0.15) is 0 Å². The van der Waals surface area contributed by atoms with Crippen LogP contribution in [0.4, 0.5) is 0 Å². The van der Waals surface area contributed by atoms with Crippen molar-refractivity contribution in [2.45, 2.75) is 45.7 Å². The molecule has 1 rings (SSSR count). The summed E-state index contributed by atoms with van der Waals surface area (Å²) in [6.45, 7) is 8.70. The number of rotatable bonds is 3. The van der Waals surface area contributed by atoms with Crippen LogP contribution >= 0.6 is 12.4 Å². The Hall–Kier alpha value is -0.810. The second kappa shape index (κ2) is 6.38. The summed E-state index contributed by atoms with van der Waals surface area (Å²) < 4.78 is 0. The first-order valence-corrected chi connectivity index (χ1v) is 6.06. The number of nitrogens with zero attached hydrogens (tertiary/aromatic N) is 1. The highest BCUT2D eigenvalue weighted by Crippen LogP contribution is 2.21. The molecule has 6 heteroatoms. The maximum Gasteiger partial charge on any atom is 0.225 e. The summed E-state index contributed by atoms with van der Waals surface area (Å²) in [5, 5.41) is 2.88. The quantitative estimate of drug-likeness (QED) is 0.790. The van der Waals surface area contributed by atoms with E-state index in [-0.39, 0.29) is 41.7 Å². The first kappa shape index (κ1) is 17.2. The minimum Gasteiger partial charge on any atom is -0.351 e. The van der Waals surface area contributed by atoms with Crippen molar-refractivity contribution in [3.8, 4) is 0 Å². The van der Waals surface area contributed by atoms with E-state index in [2.05, 4.69) is 5.32 Å². The molecule has 2 atom stereocenters. The average Bonchev–Trinajstić information content (AvgIpc) is 2.57. The number of carbonyl (C=O) groups is 2. The van der Waals surface area contributed by atoms with Gasteiger partial charge in [0.2, 0.25) is 11.8 Å². The molecule has 0 aromatic carbocycles. The third-order valence-electron chi connectivity index (χ3n) is 3.08. The van der Waals surface area contributed by atoms with Crippen molar-refractivity contribution in [1.29, 1.82) is 0 Å². The summed E-state index contributed by atoms with van der Waals surface area (Å²) in [5.74, 6) is -0.168. The van der Waals surface area contributed by atoms with Crippen molar-refractivity contribution >= 4 is 24.2 Å². The highest BCUT2D eigenvalue weighted by atomic mass is 35.5. The summed E-state index contributed by atoms with van der Waals surface area (Å²) in [7, 11) is 0. The van der Waals surface area contributed by atoms with Gasteiger partial charge < -0.3 is 16.0 Å². The third kappa shape index (κ3) is 4.14. The third-order valence-corrected chi connectivity index (χ3v) is 3.08. The fourth-order valence-corrected chi connectivity index (χ4v) is 1.90. The molecule has 0 aromatic rings. The number of hydrogen-bond donors (Lipinski definition) is 2. The van der Waals surface area contributed by atoms with Crippen LogP contribution in [0.3, 0.4) is 0 Å². The van der Waals surface area contributed by atoms with Gasteiger partial charge in [-0.1, -0.05) is 6.92 Å². The molecule has 1 aliphatic heterocycles. The Morgan fingerprint density at radius 1 is 1.56 bits per heavy atom. The van der Waals surface area contributed by atoms with E-state index in [0.717, 1.165) is 0 Å². The zero-order valence-corrected chi connectivity index (χ0v) is 12.3. The van der Waals surface area contributed by atoms with Crippen LogP contribution < -0.4 is 11.1 Å². The Labute approximate surface area is 115 Å². The van der Waals surface area contributed by atoms with Crippen molar-refractivity contribution in [2.24, 2.45) is 11.7 Å². The van der Waals surface area contributed by atoms with Gasteiger partial charge in [0.15, 0.2) is 0 Å². The Balaban J connectivity index is 0.00000289. The number of hydrogen-bond acceptors (Lipinski definition) is 3. The summed E-state index contributed by atoms with van der Waals surface area (Å²) in [6, 6.07) is -0.0803. The zero-order chi connectivity index (χ0) is 13.2. The first-order chi connectivity index (χ1) is 7.75. The second-order valence-electron chi connectivity index (χ2n) is 5.72. The molecule has 5 nitrogen and oxygen atoms in total. The average molecular weight is 278 g/mol. The van der Waals surface area contributed by atoms with Crippen LogP contribution in [-0.4, -0.2) is 41.4 Å². The normalized spacial score (nSPS) is 21.5. The van der Waals surface area contributed by atoms with Crippen molar-refractivity contribution < 1.29 is 9.59 Å². The first-order valence-electron chi connectivity index (χ1n) is 6.06. The molecule has 3 N–H and O–H groups in total. The molecule has 1 heterocycles. The Kier molecular flexibility index (Phi) is 6.10. The minimum atomic E-state index is -0.200. The van der Waals surface area contributed by atoms with E-state index < -0.39 is 0 Å².